The molecule has 0 aliphatic carbocycles. The van der Waals surface area contributed by atoms with E-state index in [-0.39, 0.29) is 0 Å². The van der Waals surface area contributed by atoms with Crippen LogP contribution in [0.1, 0.15) is 33.6 Å². The number of ether oxygens (including phenoxy) is 1. The number of nitrogens with zero attached hydrogens (tertiary/aromatic N) is 1. The van der Waals surface area contributed by atoms with E-state index < -0.39 is 0 Å². The molecule has 5 atom stereocenters. The van der Waals surface area contributed by atoms with Crippen LogP contribution in [-0.4, -0.2) is 49.3 Å². The molecule has 2 fully saturated rings. The molecule has 0 aromatic rings. The van der Waals surface area contributed by atoms with Gasteiger partial charge in [-0.15, -0.1) is 0 Å². The molecule has 0 amide bonds. The predicted molar refractivity (Wildman–Crippen MR) is 66.6 cm³/mol. The zero-order chi connectivity index (χ0) is 11.7. The lowest BCUT2D eigenvalue weighted by molar-refractivity contribution is 0.0878. The molecular weight excluding hydrogens is 200 g/mol. The summed E-state index contributed by atoms with van der Waals surface area (Å²) in [5.74, 6) is 0.744. The maximum atomic E-state index is 5.62. The minimum Gasteiger partial charge on any atom is -0.377 e. The van der Waals surface area contributed by atoms with Gasteiger partial charge in [0.05, 0.1) is 6.10 Å². The summed E-state index contributed by atoms with van der Waals surface area (Å²) in [5.41, 5.74) is 0. The Balaban J connectivity index is 1.89. The fourth-order valence-electron chi connectivity index (χ4n) is 3.00. The summed E-state index contributed by atoms with van der Waals surface area (Å²) >= 11 is 0. The summed E-state index contributed by atoms with van der Waals surface area (Å²) < 4.78 is 5.62. The summed E-state index contributed by atoms with van der Waals surface area (Å²) in [4.78, 5) is 2.47. The van der Waals surface area contributed by atoms with Crippen LogP contribution in [0.5, 0.6) is 0 Å². The molecule has 2 aliphatic heterocycles. The molecule has 2 rings (SSSR count). The summed E-state index contributed by atoms with van der Waals surface area (Å²) in [6.45, 7) is 9.01. The number of nitrogens with one attached hydrogen (secondary N) is 1. The average molecular weight is 226 g/mol. The van der Waals surface area contributed by atoms with Gasteiger partial charge in [0, 0.05) is 31.3 Å². The minimum absolute atomic E-state index is 0.391. The van der Waals surface area contributed by atoms with Crippen LogP contribution >= 0.6 is 0 Å². The van der Waals surface area contributed by atoms with Gasteiger partial charge < -0.3 is 15.0 Å². The molecule has 2 heterocycles. The first-order valence-corrected chi connectivity index (χ1v) is 6.66. The van der Waals surface area contributed by atoms with Gasteiger partial charge in [-0.1, -0.05) is 6.92 Å². The van der Waals surface area contributed by atoms with E-state index in [1.807, 2.05) is 0 Å². The Kier molecular flexibility index (Phi) is 3.88. The standard InChI is InChI=1S/C13H26N2O/c1-9-8-15(4)10(2)7-13(9)14-12-5-6-16-11(12)3/h9-14H,5-8H2,1-4H3. The van der Waals surface area contributed by atoms with Gasteiger partial charge in [0.2, 0.25) is 0 Å². The van der Waals surface area contributed by atoms with E-state index in [1.54, 1.807) is 0 Å². The number of piperidine rings is 1. The van der Waals surface area contributed by atoms with Crippen molar-refractivity contribution in [2.24, 2.45) is 5.92 Å². The normalized spacial score (nSPS) is 46.1. The van der Waals surface area contributed by atoms with Crippen molar-refractivity contribution in [3.63, 3.8) is 0 Å². The minimum atomic E-state index is 0.391. The number of hydrogen-bond donors (Lipinski definition) is 1. The second-order valence-electron chi connectivity index (χ2n) is 5.75. The SMILES string of the molecule is CC1CN(C)C(C)CC1NC1CCOC1C. The molecule has 0 aromatic heterocycles. The Morgan fingerprint density at radius 3 is 2.56 bits per heavy atom. The van der Waals surface area contributed by atoms with Crippen molar-refractivity contribution in [2.75, 3.05) is 20.2 Å². The summed E-state index contributed by atoms with van der Waals surface area (Å²) in [5, 5.41) is 3.82. The number of hydrogen-bond acceptors (Lipinski definition) is 3. The van der Waals surface area contributed by atoms with Crippen LogP contribution in [0, 0.1) is 5.92 Å². The molecule has 94 valence electrons. The first-order chi connectivity index (χ1) is 7.58. The van der Waals surface area contributed by atoms with Gasteiger partial charge in [-0.25, -0.2) is 0 Å². The van der Waals surface area contributed by atoms with Crippen molar-refractivity contribution in [1.82, 2.24) is 10.2 Å². The van der Waals surface area contributed by atoms with Gasteiger partial charge in [0.15, 0.2) is 0 Å². The third-order valence-corrected chi connectivity index (χ3v) is 4.41. The average Bonchev–Trinajstić information content (AvgIpc) is 2.61. The molecule has 0 radical (unpaired) electrons. The largest absolute Gasteiger partial charge is 0.377 e. The van der Waals surface area contributed by atoms with Gasteiger partial charge in [0.25, 0.3) is 0 Å². The van der Waals surface area contributed by atoms with Crippen LogP contribution < -0.4 is 5.32 Å². The summed E-state index contributed by atoms with van der Waals surface area (Å²) in [6, 6.07) is 1.94. The van der Waals surface area contributed by atoms with Crippen molar-refractivity contribution in [2.45, 2.75) is 57.8 Å². The second-order valence-corrected chi connectivity index (χ2v) is 5.75. The lowest BCUT2D eigenvalue weighted by Gasteiger charge is -2.41. The van der Waals surface area contributed by atoms with Gasteiger partial charge in [-0.2, -0.15) is 0 Å². The number of likely N-dealkylation sites (tertiary alicyclic amines) is 1. The molecule has 0 spiro atoms. The van der Waals surface area contributed by atoms with E-state index in [4.69, 9.17) is 4.74 Å². The molecule has 3 heteroatoms. The highest BCUT2D eigenvalue weighted by Crippen LogP contribution is 2.23. The van der Waals surface area contributed by atoms with E-state index in [0.29, 0.717) is 24.2 Å². The smallest absolute Gasteiger partial charge is 0.0700 e. The Morgan fingerprint density at radius 2 is 1.94 bits per heavy atom. The Hall–Kier alpha value is -0.120. The van der Waals surface area contributed by atoms with Crippen LogP contribution in [0.4, 0.5) is 0 Å². The quantitative estimate of drug-likeness (QED) is 0.772. The summed E-state index contributed by atoms with van der Waals surface area (Å²) in [7, 11) is 2.23. The zero-order valence-corrected chi connectivity index (χ0v) is 11.1. The first kappa shape index (κ1) is 12.3. The molecular formula is C13H26N2O. The van der Waals surface area contributed by atoms with E-state index in [0.717, 1.165) is 12.5 Å². The fourth-order valence-corrected chi connectivity index (χ4v) is 3.00. The van der Waals surface area contributed by atoms with Crippen molar-refractivity contribution < 1.29 is 4.74 Å². The van der Waals surface area contributed by atoms with Crippen LogP contribution in [0.25, 0.3) is 0 Å². The van der Waals surface area contributed by atoms with Crippen LogP contribution in [-0.2, 0) is 4.74 Å². The molecule has 3 nitrogen and oxygen atoms in total. The maximum absolute atomic E-state index is 5.62. The Bertz CT molecular complexity index is 234. The van der Waals surface area contributed by atoms with Crippen molar-refractivity contribution in [1.29, 1.82) is 0 Å². The van der Waals surface area contributed by atoms with Gasteiger partial charge >= 0.3 is 0 Å². The van der Waals surface area contributed by atoms with Crippen molar-refractivity contribution >= 4 is 0 Å². The predicted octanol–water partition coefficient (Wildman–Crippen LogP) is 1.48. The van der Waals surface area contributed by atoms with E-state index in [9.17, 15) is 0 Å². The maximum Gasteiger partial charge on any atom is 0.0700 e. The Labute approximate surface area is 99.5 Å². The third kappa shape index (κ3) is 2.58. The lowest BCUT2D eigenvalue weighted by Crippen LogP contribution is -2.54. The molecule has 0 bridgehead atoms. The van der Waals surface area contributed by atoms with Crippen molar-refractivity contribution in [3.8, 4) is 0 Å². The van der Waals surface area contributed by atoms with Gasteiger partial charge in [-0.3, -0.25) is 0 Å². The highest BCUT2D eigenvalue weighted by atomic mass is 16.5. The molecule has 5 unspecified atom stereocenters. The Morgan fingerprint density at radius 1 is 1.19 bits per heavy atom. The highest BCUT2D eigenvalue weighted by Gasteiger charge is 2.33. The molecule has 0 saturated carbocycles. The topological polar surface area (TPSA) is 24.5 Å². The number of rotatable bonds is 2. The van der Waals surface area contributed by atoms with Crippen molar-refractivity contribution in [3.05, 3.63) is 0 Å². The van der Waals surface area contributed by atoms with Crippen LogP contribution in [0.2, 0.25) is 0 Å². The highest BCUT2D eigenvalue weighted by molar-refractivity contribution is 4.90. The van der Waals surface area contributed by atoms with Gasteiger partial charge in [0.1, 0.15) is 0 Å². The first-order valence-electron chi connectivity index (χ1n) is 6.66. The molecule has 16 heavy (non-hydrogen) atoms. The zero-order valence-electron chi connectivity index (χ0n) is 11.1. The van der Waals surface area contributed by atoms with E-state index in [2.05, 4.69) is 38.0 Å². The third-order valence-electron chi connectivity index (χ3n) is 4.41. The van der Waals surface area contributed by atoms with E-state index in [1.165, 1.54) is 19.4 Å². The molecule has 2 saturated heterocycles. The summed E-state index contributed by atoms with van der Waals surface area (Å²) in [6.07, 6.45) is 2.83. The lowest BCUT2D eigenvalue weighted by atomic mass is 9.89. The molecule has 0 aromatic carbocycles. The fraction of sp³-hybridized carbons (Fsp3) is 1.00. The molecule has 1 N–H and O–H groups in total. The van der Waals surface area contributed by atoms with E-state index >= 15 is 0 Å². The van der Waals surface area contributed by atoms with Crippen LogP contribution in [0.3, 0.4) is 0 Å². The second kappa shape index (κ2) is 5.03. The monoisotopic (exact) mass is 226 g/mol. The van der Waals surface area contributed by atoms with Crippen LogP contribution in [0.15, 0.2) is 0 Å². The molecule has 2 aliphatic rings. The van der Waals surface area contributed by atoms with Gasteiger partial charge in [-0.05, 0) is 39.7 Å².